The maximum atomic E-state index is 13.5. The number of ether oxygens (including phenoxy) is 1. The molecule has 47 heavy (non-hydrogen) atoms. The number of rotatable bonds is 1. The van der Waals surface area contributed by atoms with Gasteiger partial charge in [-0.1, -0.05) is 36.7 Å². The Morgan fingerprint density at radius 2 is 1.98 bits per heavy atom. The number of allylic oxidation sites excluding steroid dienone is 1. The number of carbonyl (C=O) groups excluding carboxylic acids is 1. The van der Waals surface area contributed by atoms with Crippen LogP contribution in [0.1, 0.15) is 73.1 Å². The topological polar surface area (TPSA) is 122 Å². The molecule has 1 amide bonds. The van der Waals surface area contributed by atoms with Gasteiger partial charge in [0.1, 0.15) is 11.4 Å². The lowest BCUT2D eigenvalue weighted by Gasteiger charge is -2.48. The van der Waals surface area contributed by atoms with Crippen molar-refractivity contribution in [1.82, 2.24) is 14.9 Å². The van der Waals surface area contributed by atoms with Gasteiger partial charge >= 0.3 is 0 Å². The lowest BCUT2D eigenvalue weighted by atomic mass is 9.63. The van der Waals surface area contributed by atoms with Gasteiger partial charge in [0.05, 0.1) is 23.2 Å². The number of anilines is 1. The van der Waals surface area contributed by atoms with Crippen molar-refractivity contribution in [1.29, 1.82) is 0 Å². The van der Waals surface area contributed by atoms with Crippen LogP contribution in [0.4, 0.5) is 5.69 Å². The number of halogens is 1. The van der Waals surface area contributed by atoms with Gasteiger partial charge in [-0.15, -0.1) is 0 Å². The summed E-state index contributed by atoms with van der Waals surface area (Å²) in [5.74, 6) is -0.388. The molecular weight excluding hydrogens is 636 g/mol. The summed E-state index contributed by atoms with van der Waals surface area (Å²) in [6, 6.07) is 14.9. The third-order valence-corrected chi connectivity index (χ3v) is 13.3. The van der Waals surface area contributed by atoms with Crippen molar-refractivity contribution >= 4 is 33.2 Å². The van der Waals surface area contributed by atoms with Crippen LogP contribution in [-0.2, 0) is 27.5 Å². The normalized spacial score (nSPS) is 32.5. The van der Waals surface area contributed by atoms with Crippen molar-refractivity contribution in [3.05, 3.63) is 94.3 Å². The summed E-state index contributed by atoms with van der Waals surface area (Å²) in [4.78, 5) is 15.8. The van der Waals surface area contributed by atoms with Crippen molar-refractivity contribution in [3.8, 4) is 5.75 Å². The molecule has 1 spiro atoms. The summed E-state index contributed by atoms with van der Waals surface area (Å²) in [5, 5.41) is 20.7. The van der Waals surface area contributed by atoms with E-state index < -0.39 is 26.8 Å². The number of aryl methyl sites for hydroxylation is 1. The Kier molecular flexibility index (Phi) is 8.33. The molecule has 3 heterocycles. The minimum absolute atomic E-state index is 0.102. The number of benzene rings is 2. The van der Waals surface area contributed by atoms with Crippen LogP contribution in [0.5, 0.6) is 5.75 Å². The van der Waals surface area contributed by atoms with E-state index in [-0.39, 0.29) is 28.7 Å². The van der Waals surface area contributed by atoms with Crippen LogP contribution < -0.4 is 14.4 Å². The smallest absolute Gasteiger partial charge is 0.264 e. The molecule has 11 heteroatoms. The van der Waals surface area contributed by atoms with Gasteiger partial charge in [0.15, 0.2) is 0 Å². The van der Waals surface area contributed by atoms with E-state index in [1.165, 1.54) is 11.1 Å². The molecule has 0 unspecified atom stereocenters. The van der Waals surface area contributed by atoms with E-state index in [2.05, 4.69) is 32.0 Å². The van der Waals surface area contributed by atoms with E-state index in [1.807, 2.05) is 19.1 Å². The Balaban J connectivity index is 1.35. The van der Waals surface area contributed by atoms with E-state index >= 15 is 0 Å². The molecule has 3 aromatic rings. The van der Waals surface area contributed by atoms with Gasteiger partial charge < -0.3 is 14.7 Å². The third-order valence-electron chi connectivity index (χ3n) is 11.1. The van der Waals surface area contributed by atoms with Gasteiger partial charge in [-0.05, 0) is 111 Å². The first kappa shape index (κ1) is 32.1. The fraction of sp³-hybridized carbons (Fsp3) is 0.472. The summed E-state index contributed by atoms with van der Waals surface area (Å²) < 4.78 is 35.7. The fourth-order valence-corrected chi connectivity index (χ4v) is 9.54. The molecule has 2 bridgehead atoms. The van der Waals surface area contributed by atoms with Crippen molar-refractivity contribution < 1.29 is 23.1 Å². The van der Waals surface area contributed by atoms with Crippen molar-refractivity contribution in [2.45, 2.75) is 68.6 Å². The first-order valence-corrected chi connectivity index (χ1v) is 18.5. The predicted molar refractivity (Wildman–Crippen MR) is 181 cm³/mol. The van der Waals surface area contributed by atoms with Crippen LogP contribution >= 0.6 is 11.6 Å². The number of sulfonamides is 1. The highest BCUT2D eigenvalue weighted by Gasteiger charge is 2.49. The van der Waals surface area contributed by atoms with Crippen molar-refractivity contribution in [3.63, 3.8) is 0 Å². The minimum Gasteiger partial charge on any atom is -0.490 e. The molecule has 2 aromatic carbocycles. The highest BCUT2D eigenvalue weighted by molar-refractivity contribution is 7.90. The molecule has 2 N–H and O–H groups in total. The number of carbonyl (C=O) groups is 1. The Morgan fingerprint density at radius 1 is 1.13 bits per heavy atom. The Bertz CT molecular complexity index is 1820. The molecule has 1 fully saturated rings. The number of nitrogens with zero attached hydrogens (tertiary/aromatic N) is 3. The van der Waals surface area contributed by atoms with Crippen LogP contribution in [0.3, 0.4) is 0 Å². The monoisotopic (exact) mass is 676 g/mol. The van der Waals surface area contributed by atoms with Crippen LogP contribution in [0, 0.1) is 17.8 Å². The second kappa shape index (κ2) is 12.2. The first-order chi connectivity index (χ1) is 22.5. The largest absolute Gasteiger partial charge is 0.490 e. The third kappa shape index (κ3) is 5.82. The zero-order valence-electron chi connectivity index (χ0n) is 26.7. The predicted octanol–water partition coefficient (Wildman–Crippen LogP) is 5.56. The van der Waals surface area contributed by atoms with Gasteiger partial charge in [0.25, 0.3) is 5.91 Å². The molecule has 4 aliphatic rings. The zero-order valence-corrected chi connectivity index (χ0v) is 28.3. The molecular formula is C36H41ClN4O5S. The Hall–Kier alpha value is -3.47. The zero-order chi connectivity index (χ0) is 33.0. The summed E-state index contributed by atoms with van der Waals surface area (Å²) in [5.41, 5.74) is 2.21. The van der Waals surface area contributed by atoms with Crippen LogP contribution in [0.15, 0.2) is 66.9 Å². The van der Waals surface area contributed by atoms with E-state index in [4.69, 9.17) is 16.3 Å². The van der Waals surface area contributed by atoms with E-state index in [9.17, 15) is 18.3 Å². The van der Waals surface area contributed by atoms with Gasteiger partial charge in [-0.2, -0.15) is 10.2 Å². The van der Waals surface area contributed by atoms with Crippen molar-refractivity contribution in [2.24, 2.45) is 17.8 Å². The van der Waals surface area contributed by atoms with Gasteiger partial charge in [-0.25, -0.2) is 13.1 Å². The van der Waals surface area contributed by atoms with Crippen LogP contribution in [0.25, 0.3) is 0 Å². The van der Waals surface area contributed by atoms with E-state index in [0.717, 1.165) is 37.8 Å². The average Bonchev–Trinajstić information content (AvgIpc) is 3.19. The molecule has 2 aliphatic heterocycles. The maximum Gasteiger partial charge on any atom is 0.264 e. The molecule has 6 atom stereocenters. The first-order valence-electron chi connectivity index (χ1n) is 16.5. The summed E-state index contributed by atoms with van der Waals surface area (Å²) in [7, 11) is -4.00. The van der Waals surface area contributed by atoms with Gasteiger partial charge in [0, 0.05) is 41.2 Å². The molecule has 0 radical (unpaired) electrons. The minimum atomic E-state index is -4.00. The number of aromatic nitrogens is 2. The number of nitrogens with one attached hydrogen (secondary N) is 1. The molecule has 2 aliphatic carbocycles. The summed E-state index contributed by atoms with van der Waals surface area (Å²) in [6.45, 7) is 5.14. The Morgan fingerprint density at radius 3 is 2.74 bits per heavy atom. The highest BCUT2D eigenvalue weighted by atomic mass is 35.5. The second-order valence-electron chi connectivity index (χ2n) is 14.0. The van der Waals surface area contributed by atoms with Gasteiger partial charge in [0.2, 0.25) is 10.0 Å². The van der Waals surface area contributed by atoms with Gasteiger partial charge in [-0.3, -0.25) is 4.79 Å². The molecule has 248 valence electrons. The lowest BCUT2D eigenvalue weighted by molar-refractivity contribution is -0.0535. The molecule has 1 aromatic heterocycles. The highest BCUT2D eigenvalue weighted by Crippen LogP contribution is 2.50. The quantitative estimate of drug-likeness (QED) is 0.322. The number of hydrogen-bond donors (Lipinski definition) is 2. The number of aliphatic hydroxyl groups is 1. The number of amides is 1. The molecule has 1 saturated carbocycles. The number of fused-ring (bicyclic) bond motifs is 4. The summed E-state index contributed by atoms with van der Waals surface area (Å²) >= 11 is 6.43. The summed E-state index contributed by atoms with van der Waals surface area (Å²) in [6.07, 6.45) is 10.2. The molecule has 0 saturated heterocycles. The fourth-order valence-electron chi connectivity index (χ4n) is 8.06. The SMILES string of the molecule is C[C@@H]1[C@@H](C)C/C=C/[C@](O)(c2cccnn2)[C@@H]2CC[C@H]2CN2C[C@@]3(CCCc4cc(Cl)ccc43)COc3ccc(cc32)C(=O)NS1(=O)=O. The average molecular weight is 677 g/mol. The maximum absolute atomic E-state index is 13.5. The van der Waals surface area contributed by atoms with Crippen LogP contribution in [0.2, 0.25) is 5.02 Å². The Labute approximate surface area is 281 Å². The second-order valence-corrected chi connectivity index (χ2v) is 16.4. The van der Waals surface area contributed by atoms with Crippen LogP contribution in [-0.4, -0.2) is 54.6 Å². The lowest BCUT2D eigenvalue weighted by Crippen LogP contribution is -2.51. The van der Waals surface area contributed by atoms with E-state index in [0.29, 0.717) is 42.6 Å². The number of hydrogen-bond acceptors (Lipinski definition) is 8. The molecule has 7 rings (SSSR count). The van der Waals surface area contributed by atoms with Crippen molar-refractivity contribution in [2.75, 3.05) is 24.6 Å². The molecule has 9 nitrogen and oxygen atoms in total. The van der Waals surface area contributed by atoms with E-state index in [1.54, 1.807) is 49.5 Å². The standard InChI is InChI=1S/C36H41ClN4O5S/c1-23-6-3-16-36(43,33-8-5-17-38-39-33)30-12-9-27(30)20-41-21-35(15-4-7-25-18-28(37)11-13-29(25)35)22-46-32-14-10-26(19-31(32)41)34(42)40-47(44,45)24(23)2/h3,5,8,10-11,13-14,16-19,23-24,27,30,43H,4,6-7,9,12,15,20-22H2,1-2H3,(H,40,42)/b16-3+/t23-,24+,27-,30+,35-,36+/m0/s1.